The van der Waals surface area contributed by atoms with Crippen LogP contribution >= 0.6 is 0 Å². The van der Waals surface area contributed by atoms with Crippen LogP contribution in [0.2, 0.25) is 0 Å². The minimum atomic E-state index is 0.449. The molecule has 21 heavy (non-hydrogen) atoms. The molecular weight excluding hydrogens is 260 g/mol. The quantitative estimate of drug-likeness (QED) is 0.618. The fourth-order valence-corrected chi connectivity index (χ4v) is 3.46. The van der Waals surface area contributed by atoms with Crippen molar-refractivity contribution in [2.45, 2.75) is 63.8 Å². The van der Waals surface area contributed by atoms with Crippen molar-refractivity contribution in [2.24, 2.45) is 11.8 Å². The van der Waals surface area contributed by atoms with E-state index in [4.69, 9.17) is 10.6 Å². The summed E-state index contributed by atoms with van der Waals surface area (Å²) in [6, 6.07) is 8.84. The zero-order valence-electron chi connectivity index (χ0n) is 13.3. The van der Waals surface area contributed by atoms with Crippen LogP contribution in [0.5, 0.6) is 5.75 Å². The Bertz CT molecular complexity index is 383. The van der Waals surface area contributed by atoms with E-state index < -0.39 is 0 Å². The lowest BCUT2D eigenvalue weighted by atomic mass is 9.84. The van der Waals surface area contributed by atoms with Crippen LogP contribution in [-0.4, -0.2) is 13.2 Å². The number of aryl methyl sites for hydroxylation is 1. The van der Waals surface area contributed by atoms with E-state index >= 15 is 0 Å². The smallest absolute Gasteiger partial charge is 0.118 e. The molecule has 0 amide bonds. The van der Waals surface area contributed by atoms with Gasteiger partial charge < -0.3 is 4.74 Å². The number of nitrogens with one attached hydrogen (secondary N) is 1. The number of hydrazine groups is 1. The molecule has 0 radical (unpaired) electrons. The highest BCUT2D eigenvalue weighted by atomic mass is 16.5. The predicted molar refractivity (Wildman–Crippen MR) is 88.2 cm³/mol. The van der Waals surface area contributed by atoms with Crippen LogP contribution in [0.3, 0.4) is 0 Å². The largest absolute Gasteiger partial charge is 0.497 e. The molecule has 0 saturated heterocycles. The summed E-state index contributed by atoms with van der Waals surface area (Å²) in [7, 11) is 1.71. The Morgan fingerprint density at radius 2 is 1.71 bits per heavy atom. The van der Waals surface area contributed by atoms with Crippen LogP contribution in [0.15, 0.2) is 24.3 Å². The topological polar surface area (TPSA) is 47.3 Å². The molecule has 3 nitrogen and oxygen atoms in total. The first-order chi connectivity index (χ1) is 10.3. The molecule has 3 heteroatoms. The Morgan fingerprint density at radius 3 is 2.29 bits per heavy atom. The van der Waals surface area contributed by atoms with Gasteiger partial charge in [-0.1, -0.05) is 44.2 Å². The number of rotatable bonds is 6. The van der Waals surface area contributed by atoms with Crippen molar-refractivity contribution in [3.63, 3.8) is 0 Å². The van der Waals surface area contributed by atoms with E-state index in [0.29, 0.717) is 6.04 Å². The molecule has 1 aliphatic rings. The average Bonchev–Trinajstić information content (AvgIpc) is 2.50. The predicted octanol–water partition coefficient (Wildman–Crippen LogP) is 3.82. The normalized spacial score (nSPS) is 18.8. The third kappa shape index (κ3) is 5.33. The molecular formula is C18H30N2O. The fraction of sp³-hybridized carbons (Fsp3) is 0.667. The first kappa shape index (κ1) is 16.3. The summed E-state index contributed by atoms with van der Waals surface area (Å²) in [6.45, 7) is 0. The second-order valence-electron chi connectivity index (χ2n) is 6.27. The van der Waals surface area contributed by atoms with E-state index in [1.54, 1.807) is 7.11 Å². The van der Waals surface area contributed by atoms with E-state index in [0.717, 1.165) is 24.5 Å². The second-order valence-corrected chi connectivity index (χ2v) is 6.27. The molecule has 1 saturated carbocycles. The van der Waals surface area contributed by atoms with Crippen LogP contribution in [-0.2, 0) is 6.42 Å². The highest BCUT2D eigenvalue weighted by Crippen LogP contribution is 2.26. The first-order valence-corrected chi connectivity index (χ1v) is 8.42. The van der Waals surface area contributed by atoms with Crippen molar-refractivity contribution in [2.75, 3.05) is 7.11 Å². The maximum absolute atomic E-state index is 5.83. The summed E-state index contributed by atoms with van der Waals surface area (Å²) in [5, 5.41) is 0. The van der Waals surface area contributed by atoms with Gasteiger partial charge >= 0.3 is 0 Å². The average molecular weight is 290 g/mol. The lowest BCUT2D eigenvalue weighted by Gasteiger charge is -2.28. The van der Waals surface area contributed by atoms with E-state index in [-0.39, 0.29) is 0 Å². The number of ether oxygens (including phenoxy) is 1. The number of hydrogen-bond donors (Lipinski definition) is 2. The Kier molecular flexibility index (Phi) is 7.04. The van der Waals surface area contributed by atoms with Gasteiger partial charge in [-0.15, -0.1) is 0 Å². The summed E-state index contributed by atoms with van der Waals surface area (Å²) in [5.74, 6) is 7.50. The van der Waals surface area contributed by atoms with Crippen LogP contribution < -0.4 is 16.0 Å². The molecule has 118 valence electrons. The van der Waals surface area contributed by atoms with Gasteiger partial charge in [0.05, 0.1) is 7.11 Å². The summed E-state index contributed by atoms with van der Waals surface area (Å²) < 4.78 is 5.20. The Morgan fingerprint density at radius 1 is 1.10 bits per heavy atom. The van der Waals surface area contributed by atoms with Gasteiger partial charge in [-0.2, -0.15) is 0 Å². The third-order valence-corrected chi connectivity index (χ3v) is 4.84. The maximum Gasteiger partial charge on any atom is 0.118 e. The van der Waals surface area contributed by atoms with Gasteiger partial charge in [-0.05, 0) is 49.3 Å². The minimum absolute atomic E-state index is 0.449. The van der Waals surface area contributed by atoms with E-state index in [2.05, 4.69) is 17.6 Å². The lowest BCUT2D eigenvalue weighted by molar-refractivity contribution is 0.275. The minimum Gasteiger partial charge on any atom is -0.497 e. The summed E-state index contributed by atoms with van der Waals surface area (Å²) in [6.07, 6.45) is 11.8. The number of benzene rings is 1. The third-order valence-electron chi connectivity index (χ3n) is 4.84. The van der Waals surface area contributed by atoms with Crippen molar-refractivity contribution in [1.29, 1.82) is 0 Å². The van der Waals surface area contributed by atoms with Crippen LogP contribution in [0.25, 0.3) is 0 Å². The standard InChI is InChI=1S/C18H30N2O/c1-21-17-12-9-15(10-13-17)11-14-18(20-19)16-7-5-3-2-4-6-8-16/h9-10,12-13,16,18,20H,2-8,11,14,19H2,1H3. The van der Waals surface area contributed by atoms with Crippen LogP contribution in [0.4, 0.5) is 0 Å². The van der Waals surface area contributed by atoms with E-state index in [9.17, 15) is 0 Å². The van der Waals surface area contributed by atoms with Crippen molar-refractivity contribution >= 4 is 0 Å². The zero-order chi connectivity index (χ0) is 14.9. The number of hydrogen-bond acceptors (Lipinski definition) is 3. The van der Waals surface area contributed by atoms with Crippen LogP contribution in [0.1, 0.15) is 56.9 Å². The molecule has 0 bridgehead atoms. The van der Waals surface area contributed by atoms with Crippen molar-refractivity contribution in [3.8, 4) is 5.75 Å². The van der Waals surface area contributed by atoms with E-state index in [1.807, 2.05) is 12.1 Å². The molecule has 1 fully saturated rings. The number of methoxy groups -OCH3 is 1. The second kappa shape index (κ2) is 9.06. The summed E-state index contributed by atoms with van der Waals surface area (Å²) >= 11 is 0. The SMILES string of the molecule is COc1ccc(CCC(NN)C2CCCCCCC2)cc1. The van der Waals surface area contributed by atoms with Gasteiger partial charge in [0, 0.05) is 6.04 Å². The van der Waals surface area contributed by atoms with E-state index in [1.165, 1.54) is 50.5 Å². The molecule has 1 aromatic rings. The molecule has 0 heterocycles. The molecule has 2 rings (SSSR count). The zero-order valence-corrected chi connectivity index (χ0v) is 13.3. The monoisotopic (exact) mass is 290 g/mol. The molecule has 0 aromatic heterocycles. The lowest BCUT2D eigenvalue weighted by Crippen LogP contribution is -2.41. The van der Waals surface area contributed by atoms with Crippen LogP contribution in [0, 0.1) is 5.92 Å². The van der Waals surface area contributed by atoms with Crippen molar-refractivity contribution in [1.82, 2.24) is 5.43 Å². The fourth-order valence-electron chi connectivity index (χ4n) is 3.46. The molecule has 1 aromatic carbocycles. The molecule has 0 aliphatic heterocycles. The van der Waals surface area contributed by atoms with Gasteiger partial charge in [0.25, 0.3) is 0 Å². The highest BCUT2D eigenvalue weighted by Gasteiger charge is 2.20. The molecule has 1 atom stereocenters. The van der Waals surface area contributed by atoms with Gasteiger partial charge in [0.15, 0.2) is 0 Å². The molecule has 3 N–H and O–H groups in total. The Labute approximate surface area is 129 Å². The summed E-state index contributed by atoms with van der Waals surface area (Å²) in [4.78, 5) is 0. The van der Waals surface area contributed by atoms with Gasteiger partial charge in [0.2, 0.25) is 0 Å². The maximum atomic E-state index is 5.83. The number of nitrogens with two attached hydrogens (primary N) is 1. The summed E-state index contributed by atoms with van der Waals surface area (Å²) in [5.41, 5.74) is 4.45. The Hall–Kier alpha value is -1.06. The van der Waals surface area contributed by atoms with Crippen molar-refractivity contribution < 1.29 is 4.74 Å². The Balaban J connectivity index is 1.85. The van der Waals surface area contributed by atoms with Gasteiger partial charge in [-0.25, -0.2) is 0 Å². The highest BCUT2D eigenvalue weighted by molar-refractivity contribution is 5.27. The van der Waals surface area contributed by atoms with Gasteiger partial charge in [0.1, 0.15) is 5.75 Å². The molecule has 0 spiro atoms. The molecule has 1 unspecified atom stereocenters. The molecule has 1 aliphatic carbocycles. The van der Waals surface area contributed by atoms with Gasteiger partial charge in [-0.3, -0.25) is 11.3 Å². The van der Waals surface area contributed by atoms with Crippen molar-refractivity contribution in [3.05, 3.63) is 29.8 Å². The first-order valence-electron chi connectivity index (χ1n) is 8.42.